The summed E-state index contributed by atoms with van der Waals surface area (Å²) in [7, 11) is 0. The molecule has 1 N–H and O–H groups in total. The van der Waals surface area contributed by atoms with Crippen molar-refractivity contribution >= 4 is 0 Å². The molecule has 0 heterocycles. The summed E-state index contributed by atoms with van der Waals surface area (Å²) in [5.41, 5.74) is -0.338. The maximum Gasteiger partial charge on any atom is 0.109 e. The van der Waals surface area contributed by atoms with Crippen molar-refractivity contribution in [2.75, 3.05) is 26.4 Å². The molecule has 21 heavy (non-hydrogen) atoms. The molecule has 2 atom stereocenters. The van der Waals surface area contributed by atoms with Crippen LogP contribution in [0.15, 0.2) is 0 Å². The van der Waals surface area contributed by atoms with E-state index in [-0.39, 0.29) is 5.54 Å². The van der Waals surface area contributed by atoms with Gasteiger partial charge in [-0.05, 0) is 45.4 Å². The van der Waals surface area contributed by atoms with Crippen molar-refractivity contribution in [2.45, 2.75) is 70.9 Å². The van der Waals surface area contributed by atoms with E-state index in [1.54, 1.807) is 0 Å². The highest BCUT2D eigenvalue weighted by molar-refractivity contribution is 5.14. The summed E-state index contributed by atoms with van der Waals surface area (Å²) in [6.07, 6.45) is 6.48. The van der Waals surface area contributed by atoms with Crippen molar-refractivity contribution in [3.63, 3.8) is 0 Å². The summed E-state index contributed by atoms with van der Waals surface area (Å²) in [5, 5.41) is 13.1. The van der Waals surface area contributed by atoms with Crippen LogP contribution in [-0.4, -0.2) is 38.0 Å². The Morgan fingerprint density at radius 3 is 2.57 bits per heavy atom. The van der Waals surface area contributed by atoms with Crippen molar-refractivity contribution in [2.24, 2.45) is 5.92 Å². The molecular formula is C17H32N2O2. The van der Waals surface area contributed by atoms with Gasteiger partial charge in [0.2, 0.25) is 0 Å². The van der Waals surface area contributed by atoms with Gasteiger partial charge >= 0.3 is 0 Å². The Kier molecular flexibility index (Phi) is 8.91. The highest BCUT2D eigenvalue weighted by Gasteiger charge is 2.42. The second-order valence-corrected chi connectivity index (χ2v) is 6.34. The number of rotatable bonds is 11. The molecule has 4 nitrogen and oxygen atoms in total. The number of hydrogen-bond donors (Lipinski definition) is 1. The number of hydrogen-bond acceptors (Lipinski definition) is 4. The predicted molar refractivity (Wildman–Crippen MR) is 85.1 cm³/mol. The van der Waals surface area contributed by atoms with Crippen LogP contribution >= 0.6 is 0 Å². The molecule has 0 aromatic heterocycles. The molecule has 122 valence electrons. The zero-order chi connectivity index (χ0) is 15.6. The lowest BCUT2D eigenvalue weighted by Crippen LogP contribution is -2.50. The largest absolute Gasteiger partial charge is 0.379 e. The van der Waals surface area contributed by atoms with Crippen LogP contribution in [0.2, 0.25) is 0 Å². The maximum absolute atomic E-state index is 9.59. The van der Waals surface area contributed by atoms with Crippen LogP contribution in [0.3, 0.4) is 0 Å². The van der Waals surface area contributed by atoms with Gasteiger partial charge in [-0.2, -0.15) is 5.26 Å². The molecule has 0 spiro atoms. The Morgan fingerprint density at radius 2 is 1.95 bits per heavy atom. The van der Waals surface area contributed by atoms with Crippen molar-refractivity contribution in [3.8, 4) is 6.07 Å². The van der Waals surface area contributed by atoms with Gasteiger partial charge in [0.25, 0.3) is 0 Å². The van der Waals surface area contributed by atoms with Crippen LogP contribution in [0.5, 0.6) is 0 Å². The van der Waals surface area contributed by atoms with E-state index >= 15 is 0 Å². The molecule has 1 saturated carbocycles. The van der Waals surface area contributed by atoms with Gasteiger partial charge in [-0.1, -0.05) is 19.8 Å². The highest BCUT2D eigenvalue weighted by atomic mass is 16.5. The summed E-state index contributed by atoms with van der Waals surface area (Å²) in [4.78, 5) is 0. The van der Waals surface area contributed by atoms with E-state index < -0.39 is 0 Å². The third-order valence-electron chi connectivity index (χ3n) is 4.19. The first-order valence-corrected chi connectivity index (χ1v) is 8.49. The van der Waals surface area contributed by atoms with Crippen LogP contribution in [0.1, 0.15) is 59.3 Å². The molecule has 1 fully saturated rings. The Morgan fingerprint density at radius 1 is 1.24 bits per heavy atom. The lowest BCUT2D eigenvalue weighted by atomic mass is 9.85. The molecule has 0 amide bonds. The molecular weight excluding hydrogens is 264 g/mol. The van der Waals surface area contributed by atoms with Crippen LogP contribution in [0.25, 0.3) is 0 Å². The molecule has 0 aliphatic heterocycles. The Balaban J connectivity index is 2.20. The minimum Gasteiger partial charge on any atom is -0.379 e. The molecule has 0 saturated heterocycles. The van der Waals surface area contributed by atoms with Gasteiger partial charge < -0.3 is 9.47 Å². The van der Waals surface area contributed by atoms with E-state index in [1.807, 2.05) is 0 Å². The fourth-order valence-electron chi connectivity index (χ4n) is 3.15. The number of unbranched alkanes of at least 4 members (excludes halogenated alkanes) is 1. The van der Waals surface area contributed by atoms with Gasteiger partial charge in [-0.25, -0.2) is 0 Å². The standard InChI is InChI=1S/C17H32N2O2/c1-4-5-10-20-12-13-21-11-8-16-7-6-9-17(16,14-18)19-15(2)3/h15-16,19H,4-13H2,1-3H3. The third kappa shape index (κ3) is 6.34. The quantitative estimate of drug-likeness (QED) is 0.595. The zero-order valence-electron chi connectivity index (χ0n) is 14.0. The lowest BCUT2D eigenvalue weighted by molar-refractivity contribution is 0.0394. The number of nitrogens with one attached hydrogen (secondary N) is 1. The molecule has 0 bridgehead atoms. The van der Waals surface area contributed by atoms with Crippen LogP contribution in [-0.2, 0) is 9.47 Å². The topological polar surface area (TPSA) is 54.3 Å². The third-order valence-corrected chi connectivity index (χ3v) is 4.19. The molecule has 0 aromatic rings. The predicted octanol–water partition coefficient (Wildman–Crippen LogP) is 3.27. The first-order chi connectivity index (χ1) is 10.1. The first-order valence-electron chi connectivity index (χ1n) is 8.49. The fourth-order valence-corrected chi connectivity index (χ4v) is 3.15. The average Bonchev–Trinajstić information content (AvgIpc) is 2.84. The second kappa shape index (κ2) is 10.2. The zero-order valence-corrected chi connectivity index (χ0v) is 14.0. The minimum atomic E-state index is -0.338. The molecule has 1 aliphatic carbocycles. The van der Waals surface area contributed by atoms with Crippen molar-refractivity contribution in [1.82, 2.24) is 5.32 Å². The van der Waals surface area contributed by atoms with E-state index in [0.29, 0.717) is 25.2 Å². The first kappa shape index (κ1) is 18.4. The highest BCUT2D eigenvalue weighted by Crippen LogP contribution is 2.37. The molecule has 1 aliphatic rings. The molecule has 2 unspecified atom stereocenters. The molecule has 1 rings (SSSR count). The summed E-state index contributed by atoms with van der Waals surface area (Å²) in [5.74, 6) is 0.408. The molecule has 0 aromatic carbocycles. The smallest absolute Gasteiger partial charge is 0.109 e. The van der Waals surface area contributed by atoms with Crippen LogP contribution in [0, 0.1) is 17.2 Å². The van der Waals surface area contributed by atoms with E-state index in [2.05, 4.69) is 32.2 Å². The van der Waals surface area contributed by atoms with Gasteiger partial charge in [0.1, 0.15) is 5.54 Å². The van der Waals surface area contributed by atoms with E-state index in [0.717, 1.165) is 45.3 Å². The number of ether oxygens (including phenoxy) is 2. The second-order valence-electron chi connectivity index (χ2n) is 6.34. The monoisotopic (exact) mass is 296 g/mol. The fraction of sp³-hybridized carbons (Fsp3) is 0.941. The lowest BCUT2D eigenvalue weighted by Gasteiger charge is -2.32. The summed E-state index contributed by atoms with van der Waals surface area (Å²) < 4.78 is 11.1. The van der Waals surface area contributed by atoms with E-state index in [1.165, 1.54) is 6.42 Å². The van der Waals surface area contributed by atoms with Gasteiger partial charge in [0.15, 0.2) is 0 Å². The Hall–Kier alpha value is -0.630. The van der Waals surface area contributed by atoms with Crippen LogP contribution < -0.4 is 5.32 Å². The maximum atomic E-state index is 9.59. The van der Waals surface area contributed by atoms with Gasteiger partial charge in [0, 0.05) is 19.3 Å². The van der Waals surface area contributed by atoms with E-state index in [9.17, 15) is 5.26 Å². The summed E-state index contributed by atoms with van der Waals surface area (Å²) in [6.45, 7) is 9.28. The van der Waals surface area contributed by atoms with Gasteiger partial charge in [-0.3, -0.25) is 5.32 Å². The van der Waals surface area contributed by atoms with Crippen molar-refractivity contribution < 1.29 is 9.47 Å². The van der Waals surface area contributed by atoms with Crippen molar-refractivity contribution in [3.05, 3.63) is 0 Å². The Bertz CT molecular complexity index is 314. The average molecular weight is 296 g/mol. The van der Waals surface area contributed by atoms with Gasteiger partial charge in [-0.15, -0.1) is 0 Å². The molecule has 4 heteroatoms. The number of nitriles is 1. The van der Waals surface area contributed by atoms with Gasteiger partial charge in [0.05, 0.1) is 19.3 Å². The SMILES string of the molecule is CCCCOCCOCCC1CCCC1(C#N)NC(C)C. The van der Waals surface area contributed by atoms with E-state index in [4.69, 9.17) is 9.47 Å². The van der Waals surface area contributed by atoms with Crippen LogP contribution in [0.4, 0.5) is 0 Å². The summed E-state index contributed by atoms with van der Waals surface area (Å²) in [6, 6.07) is 2.89. The normalized spacial score (nSPS) is 25.4. The minimum absolute atomic E-state index is 0.338. The summed E-state index contributed by atoms with van der Waals surface area (Å²) >= 11 is 0. The molecule has 0 radical (unpaired) electrons. The van der Waals surface area contributed by atoms with Crippen molar-refractivity contribution in [1.29, 1.82) is 5.26 Å². The number of nitrogens with zero attached hydrogens (tertiary/aromatic N) is 1. The Labute approximate surface area is 130 Å².